The van der Waals surface area contributed by atoms with Gasteiger partial charge in [-0.25, -0.2) is 0 Å². The first kappa shape index (κ1) is 12.3. The van der Waals surface area contributed by atoms with Crippen LogP contribution in [0.15, 0.2) is 28.3 Å². The van der Waals surface area contributed by atoms with Crippen LogP contribution in [-0.4, -0.2) is 17.9 Å². The van der Waals surface area contributed by atoms with Crippen LogP contribution in [0.25, 0.3) is 0 Å². The molecule has 0 bridgehead atoms. The Bertz CT molecular complexity index is 546. The Hall–Kier alpha value is -1.20. The smallest absolute Gasteiger partial charge is 0.204 e. The van der Waals surface area contributed by atoms with E-state index in [1.165, 1.54) is 11.3 Å². The highest BCUT2D eigenvalue weighted by atomic mass is 79.9. The predicted molar refractivity (Wildman–Crippen MR) is 71.0 cm³/mol. The molecule has 2 aromatic rings. The molecule has 0 aliphatic heterocycles. The van der Waals surface area contributed by atoms with Gasteiger partial charge >= 0.3 is 0 Å². The van der Waals surface area contributed by atoms with Crippen LogP contribution in [0, 0.1) is 6.92 Å². The fourth-order valence-corrected chi connectivity index (χ4v) is 2.87. The topological polar surface area (TPSA) is 39.2 Å². The maximum Gasteiger partial charge on any atom is 0.204 e. The van der Waals surface area contributed by atoms with Crippen molar-refractivity contribution in [3.63, 3.8) is 0 Å². The third kappa shape index (κ3) is 2.56. The number of halogens is 1. The summed E-state index contributed by atoms with van der Waals surface area (Å²) in [6.07, 6.45) is 3.13. The van der Waals surface area contributed by atoms with E-state index in [1.54, 1.807) is 25.6 Å². The molecule has 0 aliphatic carbocycles. The number of pyridine rings is 1. The molecule has 0 fully saturated rings. The number of hydrogen-bond donors (Lipinski definition) is 0. The fourth-order valence-electron chi connectivity index (χ4n) is 1.37. The Morgan fingerprint density at radius 3 is 2.76 bits per heavy atom. The maximum absolute atomic E-state index is 12.2. The highest BCUT2D eigenvalue weighted by Crippen LogP contribution is 2.29. The van der Waals surface area contributed by atoms with Crippen molar-refractivity contribution in [2.24, 2.45) is 0 Å². The van der Waals surface area contributed by atoms with Gasteiger partial charge < -0.3 is 4.74 Å². The van der Waals surface area contributed by atoms with Crippen molar-refractivity contribution in [3.8, 4) is 5.75 Å². The van der Waals surface area contributed by atoms with Gasteiger partial charge in [-0.1, -0.05) is 0 Å². The predicted octanol–water partition coefficient (Wildman–Crippen LogP) is 3.45. The van der Waals surface area contributed by atoms with Gasteiger partial charge in [-0.2, -0.15) is 0 Å². The third-order valence-electron chi connectivity index (χ3n) is 2.29. The van der Waals surface area contributed by atoms with E-state index in [0.29, 0.717) is 16.2 Å². The third-order valence-corrected chi connectivity index (χ3v) is 4.43. The van der Waals surface area contributed by atoms with Crippen molar-refractivity contribution in [1.29, 1.82) is 0 Å². The number of carbonyl (C=O) groups is 1. The highest BCUT2D eigenvalue weighted by Gasteiger charge is 2.14. The standard InChI is InChI=1S/C12H10BrNO2S/c1-7-3-10(17-12(7)13)11(15)8-4-9(16-2)6-14-5-8/h3-6H,1-2H3. The van der Waals surface area contributed by atoms with Crippen LogP contribution < -0.4 is 4.74 Å². The molecule has 0 aliphatic rings. The molecule has 88 valence electrons. The molecule has 0 amide bonds. The first-order valence-electron chi connectivity index (χ1n) is 4.91. The summed E-state index contributed by atoms with van der Waals surface area (Å²) >= 11 is 4.84. The fraction of sp³-hybridized carbons (Fsp3) is 0.167. The Balaban J connectivity index is 2.36. The molecule has 2 heterocycles. The number of ketones is 1. The molecule has 0 saturated carbocycles. The van der Waals surface area contributed by atoms with Gasteiger partial charge in [0.2, 0.25) is 5.78 Å². The Morgan fingerprint density at radius 2 is 2.18 bits per heavy atom. The van der Waals surface area contributed by atoms with Gasteiger partial charge in [-0.15, -0.1) is 11.3 Å². The zero-order valence-corrected chi connectivity index (χ0v) is 11.8. The quantitative estimate of drug-likeness (QED) is 0.815. The molecule has 5 heteroatoms. The van der Waals surface area contributed by atoms with E-state index < -0.39 is 0 Å². The lowest BCUT2D eigenvalue weighted by Gasteiger charge is -2.01. The van der Waals surface area contributed by atoms with E-state index in [0.717, 1.165) is 9.35 Å². The van der Waals surface area contributed by atoms with Crippen LogP contribution in [-0.2, 0) is 0 Å². The first-order valence-corrected chi connectivity index (χ1v) is 6.52. The minimum Gasteiger partial charge on any atom is -0.495 e. The maximum atomic E-state index is 12.2. The Morgan fingerprint density at radius 1 is 1.41 bits per heavy atom. The van der Waals surface area contributed by atoms with Crippen LogP contribution in [0.3, 0.4) is 0 Å². The minimum absolute atomic E-state index is 0.0322. The number of aromatic nitrogens is 1. The molecule has 0 spiro atoms. The van der Waals surface area contributed by atoms with Crippen molar-refractivity contribution in [2.45, 2.75) is 6.92 Å². The van der Waals surface area contributed by atoms with Crippen LogP contribution in [0.5, 0.6) is 5.75 Å². The molecular formula is C12H10BrNO2S. The molecule has 3 nitrogen and oxygen atoms in total. The summed E-state index contributed by atoms with van der Waals surface area (Å²) in [7, 11) is 1.55. The molecule has 2 aromatic heterocycles. The number of hydrogen-bond acceptors (Lipinski definition) is 4. The molecule has 0 saturated heterocycles. The Kier molecular flexibility index (Phi) is 3.59. The van der Waals surface area contributed by atoms with Crippen molar-refractivity contribution < 1.29 is 9.53 Å². The summed E-state index contributed by atoms with van der Waals surface area (Å²) in [5.74, 6) is 0.554. The van der Waals surface area contributed by atoms with Crippen LogP contribution in [0.2, 0.25) is 0 Å². The van der Waals surface area contributed by atoms with Crippen LogP contribution in [0.4, 0.5) is 0 Å². The second-order valence-corrected chi connectivity index (χ2v) is 5.88. The molecule has 0 unspecified atom stereocenters. The van der Waals surface area contributed by atoms with Gasteiger partial charge in [0.15, 0.2) is 0 Å². The lowest BCUT2D eigenvalue weighted by Crippen LogP contribution is -1.99. The van der Waals surface area contributed by atoms with Crippen molar-refractivity contribution >= 4 is 33.0 Å². The average Bonchev–Trinajstić information content (AvgIpc) is 2.69. The Labute approximate surface area is 112 Å². The van der Waals surface area contributed by atoms with Crippen LogP contribution in [0.1, 0.15) is 20.8 Å². The number of aryl methyl sites for hydroxylation is 1. The summed E-state index contributed by atoms with van der Waals surface area (Å²) in [4.78, 5) is 16.9. The summed E-state index contributed by atoms with van der Waals surface area (Å²) < 4.78 is 6.03. The summed E-state index contributed by atoms with van der Waals surface area (Å²) in [5.41, 5.74) is 1.60. The number of ether oxygens (including phenoxy) is 1. The zero-order chi connectivity index (χ0) is 12.4. The summed E-state index contributed by atoms with van der Waals surface area (Å²) in [5, 5.41) is 0. The lowest BCUT2D eigenvalue weighted by molar-refractivity contribution is 0.104. The van der Waals surface area contributed by atoms with E-state index in [9.17, 15) is 4.79 Å². The molecular weight excluding hydrogens is 302 g/mol. The van der Waals surface area contributed by atoms with E-state index in [1.807, 2.05) is 13.0 Å². The van der Waals surface area contributed by atoms with Crippen molar-refractivity contribution in [3.05, 3.63) is 44.3 Å². The van der Waals surface area contributed by atoms with Crippen molar-refractivity contribution in [2.75, 3.05) is 7.11 Å². The highest BCUT2D eigenvalue weighted by molar-refractivity contribution is 9.11. The molecule has 0 aromatic carbocycles. The van der Waals surface area contributed by atoms with Crippen molar-refractivity contribution in [1.82, 2.24) is 4.98 Å². The second kappa shape index (κ2) is 4.98. The van der Waals surface area contributed by atoms with E-state index >= 15 is 0 Å². The minimum atomic E-state index is -0.0322. The summed E-state index contributed by atoms with van der Waals surface area (Å²) in [6.45, 7) is 1.96. The van der Waals surface area contributed by atoms with E-state index in [2.05, 4.69) is 20.9 Å². The second-order valence-electron chi connectivity index (χ2n) is 3.51. The molecule has 2 rings (SSSR count). The molecule has 17 heavy (non-hydrogen) atoms. The van der Waals surface area contributed by atoms with Gasteiger partial charge in [-0.3, -0.25) is 9.78 Å². The number of carbonyl (C=O) groups excluding carboxylic acids is 1. The first-order chi connectivity index (χ1) is 8.11. The average molecular weight is 312 g/mol. The summed E-state index contributed by atoms with van der Waals surface area (Å²) in [6, 6.07) is 3.56. The monoisotopic (exact) mass is 311 g/mol. The largest absolute Gasteiger partial charge is 0.495 e. The lowest BCUT2D eigenvalue weighted by atomic mass is 10.1. The normalized spacial score (nSPS) is 10.3. The van der Waals surface area contributed by atoms with E-state index in [4.69, 9.17) is 4.74 Å². The van der Waals surface area contributed by atoms with Gasteiger partial charge in [0.25, 0.3) is 0 Å². The SMILES string of the molecule is COc1cncc(C(=O)c2cc(C)c(Br)s2)c1. The number of thiophene rings is 1. The van der Waals surface area contributed by atoms with Crippen LogP contribution >= 0.6 is 27.3 Å². The van der Waals surface area contributed by atoms with E-state index in [-0.39, 0.29) is 5.78 Å². The number of methoxy groups -OCH3 is 1. The molecule has 0 atom stereocenters. The van der Waals surface area contributed by atoms with Gasteiger partial charge in [0.1, 0.15) is 5.75 Å². The number of rotatable bonds is 3. The number of nitrogens with zero attached hydrogens (tertiary/aromatic N) is 1. The zero-order valence-electron chi connectivity index (χ0n) is 9.36. The molecule has 0 N–H and O–H groups in total. The van der Waals surface area contributed by atoms with Gasteiger partial charge in [0, 0.05) is 11.8 Å². The molecule has 0 radical (unpaired) electrons. The van der Waals surface area contributed by atoms with Gasteiger partial charge in [0.05, 0.1) is 22.0 Å². The van der Waals surface area contributed by atoms with Gasteiger partial charge in [-0.05, 0) is 40.5 Å².